The van der Waals surface area contributed by atoms with Crippen molar-refractivity contribution in [3.63, 3.8) is 0 Å². The largest absolute Gasteiger partial charge is 0.416 e. The number of halogens is 3. The molecule has 154 valence electrons. The molecule has 4 nitrogen and oxygen atoms in total. The third-order valence-corrected chi connectivity index (χ3v) is 4.87. The van der Waals surface area contributed by atoms with E-state index in [9.17, 15) is 18.0 Å². The molecule has 2 aromatic carbocycles. The summed E-state index contributed by atoms with van der Waals surface area (Å²) in [6, 6.07) is 11.6. The van der Waals surface area contributed by atoms with Crippen molar-refractivity contribution in [2.45, 2.75) is 19.0 Å². The third kappa shape index (κ3) is 4.19. The van der Waals surface area contributed by atoms with Crippen LogP contribution < -0.4 is 5.56 Å². The molecular formula is C24H16F3N3O. The lowest BCUT2D eigenvalue weighted by Gasteiger charge is -2.15. The maximum Gasteiger partial charge on any atom is 0.416 e. The summed E-state index contributed by atoms with van der Waals surface area (Å²) in [7, 11) is 0. The Kier molecular flexibility index (Phi) is 5.30. The molecule has 0 saturated carbocycles. The Morgan fingerprint density at radius 3 is 2.39 bits per heavy atom. The van der Waals surface area contributed by atoms with Gasteiger partial charge in [-0.15, -0.1) is 6.42 Å². The summed E-state index contributed by atoms with van der Waals surface area (Å²) in [5, 5.41) is 0. The van der Waals surface area contributed by atoms with Crippen LogP contribution in [0.1, 0.15) is 34.5 Å². The zero-order valence-electron chi connectivity index (χ0n) is 16.2. The minimum absolute atomic E-state index is 0.234. The minimum Gasteiger partial charge on any atom is -0.268 e. The van der Waals surface area contributed by atoms with Gasteiger partial charge < -0.3 is 0 Å². The first kappa shape index (κ1) is 20.4. The van der Waals surface area contributed by atoms with Crippen molar-refractivity contribution < 1.29 is 13.2 Å². The topological polar surface area (TPSA) is 47.2 Å². The van der Waals surface area contributed by atoms with Crippen LogP contribution in [0.15, 0.2) is 58.3 Å². The van der Waals surface area contributed by atoms with Crippen molar-refractivity contribution in [3.8, 4) is 18.0 Å². The fourth-order valence-electron chi connectivity index (χ4n) is 3.27. The van der Waals surface area contributed by atoms with Gasteiger partial charge in [0.1, 0.15) is 5.82 Å². The van der Waals surface area contributed by atoms with E-state index in [0.29, 0.717) is 46.9 Å². The molecule has 0 aliphatic carbocycles. The van der Waals surface area contributed by atoms with Gasteiger partial charge in [-0.25, -0.2) is 9.98 Å². The van der Waals surface area contributed by atoms with Gasteiger partial charge in [0.2, 0.25) is 0 Å². The highest BCUT2D eigenvalue weighted by Crippen LogP contribution is 2.29. The highest BCUT2D eigenvalue weighted by atomic mass is 19.4. The molecule has 0 atom stereocenters. The van der Waals surface area contributed by atoms with E-state index in [2.05, 4.69) is 15.9 Å². The molecule has 0 saturated heterocycles. The van der Waals surface area contributed by atoms with Crippen molar-refractivity contribution in [3.05, 3.63) is 87.0 Å². The summed E-state index contributed by atoms with van der Waals surface area (Å²) < 4.78 is 39.8. The number of aliphatic imine (C=N–C) groups is 1. The Labute approximate surface area is 176 Å². The highest BCUT2D eigenvalue weighted by Gasteiger charge is 2.29. The molecule has 1 aliphatic rings. The van der Waals surface area contributed by atoms with E-state index >= 15 is 0 Å². The molecule has 1 aromatic heterocycles. The highest BCUT2D eigenvalue weighted by molar-refractivity contribution is 5.71. The fraction of sp³-hybridized carbons (Fsp3) is 0.125. The summed E-state index contributed by atoms with van der Waals surface area (Å²) in [5.41, 5.74) is 1.36. The van der Waals surface area contributed by atoms with E-state index in [1.165, 1.54) is 16.7 Å². The van der Waals surface area contributed by atoms with Crippen LogP contribution >= 0.6 is 0 Å². The zero-order valence-corrected chi connectivity index (χ0v) is 16.2. The van der Waals surface area contributed by atoms with E-state index < -0.39 is 11.7 Å². The number of terminal acetylenes is 1. The second-order valence-corrected chi connectivity index (χ2v) is 6.91. The van der Waals surface area contributed by atoms with Crippen molar-refractivity contribution in [1.29, 1.82) is 0 Å². The van der Waals surface area contributed by atoms with Crippen LogP contribution in [-0.4, -0.2) is 15.8 Å². The Hall–Kier alpha value is -3.92. The maximum atomic E-state index is 13.2. The van der Waals surface area contributed by atoms with Crippen LogP contribution in [0.4, 0.5) is 19.0 Å². The Bertz CT molecular complexity index is 1280. The number of benzene rings is 2. The second-order valence-electron chi connectivity index (χ2n) is 6.91. The van der Waals surface area contributed by atoms with Gasteiger partial charge in [-0.1, -0.05) is 24.1 Å². The molecule has 1 aliphatic heterocycles. The third-order valence-electron chi connectivity index (χ3n) is 4.87. The van der Waals surface area contributed by atoms with Crippen LogP contribution in [0.25, 0.3) is 17.8 Å². The van der Waals surface area contributed by atoms with Gasteiger partial charge in [0, 0.05) is 11.8 Å². The molecule has 0 radical (unpaired) electrons. The number of alkyl halides is 3. The van der Waals surface area contributed by atoms with Gasteiger partial charge in [-0.2, -0.15) is 13.2 Å². The number of fused-ring (bicyclic) bond motifs is 1. The predicted molar refractivity (Wildman–Crippen MR) is 115 cm³/mol. The Morgan fingerprint density at radius 1 is 1.03 bits per heavy atom. The van der Waals surface area contributed by atoms with Crippen molar-refractivity contribution in [1.82, 2.24) is 9.55 Å². The predicted octanol–water partition coefficient (Wildman–Crippen LogP) is 5.05. The molecule has 0 unspecified atom stereocenters. The molecule has 2 heterocycles. The van der Waals surface area contributed by atoms with Gasteiger partial charge in [0.05, 0.1) is 16.8 Å². The Balaban J connectivity index is 1.80. The fourth-order valence-corrected chi connectivity index (χ4v) is 3.27. The van der Waals surface area contributed by atoms with Crippen molar-refractivity contribution >= 4 is 24.2 Å². The van der Waals surface area contributed by atoms with Gasteiger partial charge in [-0.05, 0) is 60.9 Å². The molecule has 7 heteroatoms. The molecule has 4 rings (SSSR count). The zero-order chi connectivity index (χ0) is 22.0. The molecule has 3 aromatic rings. The Morgan fingerprint density at radius 2 is 1.74 bits per heavy atom. The van der Waals surface area contributed by atoms with Crippen LogP contribution in [0.3, 0.4) is 0 Å². The molecule has 31 heavy (non-hydrogen) atoms. The SMILES string of the molecule is C#Cc1ccc(-n2c(/C=C/c3ccc(C(F)(F)F)cc3)nc3c(c2=O)CCC=N3)cc1. The molecule has 0 N–H and O–H groups in total. The number of hydrogen-bond acceptors (Lipinski definition) is 3. The van der Waals surface area contributed by atoms with Crippen LogP contribution in [0, 0.1) is 12.3 Å². The van der Waals surface area contributed by atoms with Crippen molar-refractivity contribution in [2.75, 3.05) is 0 Å². The lowest BCUT2D eigenvalue weighted by atomic mass is 10.1. The molecule has 0 bridgehead atoms. The summed E-state index contributed by atoms with van der Waals surface area (Å²) in [6.07, 6.45) is 7.11. The van der Waals surface area contributed by atoms with E-state index in [-0.39, 0.29) is 5.56 Å². The average molecular weight is 419 g/mol. The first-order valence-corrected chi connectivity index (χ1v) is 9.47. The number of hydrogen-bond donors (Lipinski definition) is 0. The number of nitrogens with zero attached hydrogens (tertiary/aromatic N) is 3. The molecule has 0 spiro atoms. The smallest absolute Gasteiger partial charge is 0.268 e. The molecule has 0 amide bonds. The van der Waals surface area contributed by atoms with Gasteiger partial charge in [0.15, 0.2) is 5.82 Å². The number of rotatable bonds is 3. The van der Waals surface area contributed by atoms with E-state index in [1.807, 2.05) is 0 Å². The van der Waals surface area contributed by atoms with Gasteiger partial charge in [0.25, 0.3) is 5.56 Å². The maximum absolute atomic E-state index is 13.2. The number of aromatic nitrogens is 2. The van der Waals surface area contributed by atoms with Gasteiger partial charge >= 0.3 is 6.18 Å². The average Bonchev–Trinajstić information content (AvgIpc) is 2.78. The second kappa shape index (κ2) is 8.07. The molecular weight excluding hydrogens is 403 g/mol. The lowest BCUT2D eigenvalue weighted by Crippen LogP contribution is -2.26. The lowest BCUT2D eigenvalue weighted by molar-refractivity contribution is -0.137. The standard InChI is InChI=1S/C24H16F3N3O/c1-2-16-7-12-19(13-8-16)30-21(29-22-20(23(30)31)4-3-15-28-22)14-9-17-5-10-18(11-6-17)24(25,26)27/h1,5-15H,3-4H2/b14-9+. The first-order chi connectivity index (χ1) is 14.9. The quantitative estimate of drug-likeness (QED) is 0.558. The first-order valence-electron chi connectivity index (χ1n) is 9.47. The van der Waals surface area contributed by atoms with E-state index in [0.717, 1.165) is 12.1 Å². The minimum atomic E-state index is -4.40. The summed E-state index contributed by atoms with van der Waals surface area (Å²) in [5.74, 6) is 3.21. The summed E-state index contributed by atoms with van der Waals surface area (Å²) in [6.45, 7) is 0. The summed E-state index contributed by atoms with van der Waals surface area (Å²) >= 11 is 0. The normalized spacial score (nSPS) is 13.2. The monoisotopic (exact) mass is 419 g/mol. The summed E-state index contributed by atoms with van der Waals surface area (Å²) in [4.78, 5) is 22.0. The van der Waals surface area contributed by atoms with Crippen molar-refractivity contribution in [2.24, 2.45) is 4.99 Å². The molecule has 0 fully saturated rings. The van der Waals surface area contributed by atoms with Crippen LogP contribution in [-0.2, 0) is 12.6 Å². The van der Waals surface area contributed by atoms with Crippen LogP contribution in [0.2, 0.25) is 0 Å². The van der Waals surface area contributed by atoms with E-state index in [1.54, 1.807) is 42.6 Å². The van der Waals surface area contributed by atoms with Gasteiger partial charge in [-0.3, -0.25) is 9.36 Å². The van der Waals surface area contributed by atoms with Crippen LogP contribution in [0.5, 0.6) is 0 Å². The van der Waals surface area contributed by atoms with E-state index in [4.69, 9.17) is 6.42 Å².